The van der Waals surface area contributed by atoms with Crippen molar-refractivity contribution in [2.75, 3.05) is 19.7 Å². The Hall–Kier alpha value is -4.83. The molecular weight excluding hydrogens is 957 g/mol. The van der Waals surface area contributed by atoms with Crippen molar-refractivity contribution in [1.29, 1.82) is 0 Å². The molecule has 414 valence electrons. The van der Waals surface area contributed by atoms with Crippen LogP contribution in [-0.4, -0.2) is 185 Å². The fourth-order valence-corrected chi connectivity index (χ4v) is 7.73. The molecule has 0 spiro atoms. The Balaban J connectivity index is 2.17. The van der Waals surface area contributed by atoms with Gasteiger partial charge in [0.25, 0.3) is 5.91 Å². The molecule has 0 radical (unpaired) electrons. The zero-order valence-corrected chi connectivity index (χ0v) is 43.9. The Labute approximate surface area is 420 Å². The first kappa shape index (κ1) is 61.5. The first-order valence-electron chi connectivity index (χ1n) is 24.0. The van der Waals surface area contributed by atoms with Gasteiger partial charge in [0.05, 0.1) is 36.9 Å². The van der Waals surface area contributed by atoms with Crippen LogP contribution in [0.2, 0.25) is 0 Å². The molecule has 3 fully saturated rings. The predicted octanol–water partition coefficient (Wildman–Crippen LogP) is 1.01. The Morgan fingerprint density at radius 2 is 1.10 bits per heavy atom. The lowest BCUT2D eigenvalue weighted by molar-refractivity contribution is -0.316. The van der Waals surface area contributed by atoms with E-state index in [1.807, 2.05) is 0 Å². The van der Waals surface area contributed by atoms with Crippen molar-refractivity contribution in [1.82, 2.24) is 26.6 Å². The van der Waals surface area contributed by atoms with E-state index in [2.05, 4.69) is 26.6 Å². The first-order chi connectivity index (χ1) is 33.0. The number of aliphatic hydroxyl groups is 3. The summed E-state index contributed by atoms with van der Waals surface area (Å²) >= 11 is 0. The van der Waals surface area contributed by atoms with Crippen LogP contribution in [0.3, 0.4) is 0 Å². The van der Waals surface area contributed by atoms with E-state index in [4.69, 9.17) is 53.1 Å². The second-order valence-corrected chi connectivity index (χ2v) is 21.8. The van der Waals surface area contributed by atoms with Crippen LogP contribution in [0.15, 0.2) is 0 Å². The van der Waals surface area contributed by atoms with Crippen LogP contribution in [0.1, 0.15) is 123 Å². The Bertz CT molecular complexity index is 1850. The summed E-state index contributed by atoms with van der Waals surface area (Å²) in [5, 5.41) is 47.0. The van der Waals surface area contributed by atoms with Crippen molar-refractivity contribution in [2.24, 2.45) is 5.73 Å². The molecule has 0 aromatic carbocycles. The Morgan fingerprint density at radius 3 is 1.60 bits per heavy atom. The van der Waals surface area contributed by atoms with Gasteiger partial charge in [-0.25, -0.2) is 19.2 Å². The lowest BCUT2D eigenvalue weighted by atomic mass is 9.83. The monoisotopic (exact) mass is 1040 g/mol. The molecule has 2 aliphatic heterocycles. The SMILES string of the molecule is CC(=O)OC1[C@H](O[C@H]2C(O)C(O[C@@H]3OC(CNC(=O)OC(C)(C)C)CCC3NC(=O)OC(C)(C)C)[C@@H](NC(=O)OC(C)(C)C)C[C@H]2NC(=O)[C@H](CCNC(=O)OC(C)(C)C)OC(C)=O)OC(CO)[C@H](O)[C@@H]1N. The number of ether oxygens (including phenoxy) is 10. The van der Waals surface area contributed by atoms with Gasteiger partial charge in [0.2, 0.25) is 0 Å². The normalized spacial score (nSPS) is 29.5. The van der Waals surface area contributed by atoms with Gasteiger partial charge in [-0.05, 0) is 102 Å². The summed E-state index contributed by atoms with van der Waals surface area (Å²) in [7, 11) is 0. The van der Waals surface area contributed by atoms with Crippen LogP contribution in [0.5, 0.6) is 0 Å². The lowest BCUT2D eigenvalue weighted by Gasteiger charge is -2.49. The standard InChI is InChI=1S/C46H80N6O20/c1-22(54)63-28(17-18-48-39(59)69-43(3,4)5)36(58)50-26-19-27(52-42(62)72-46(12,13)14)34(32(57)33(26)68-38-35(64-23(2)55)30(47)31(56)29(21-53)66-38)67-37-25(51-41(61)71-45(9,10)11)16-15-24(65-37)20-49-40(60)70-44(6,7)8/h24-35,37-38,53,56-57H,15-21,47H2,1-14H3,(H,48,59)(H,49,60)(H,50,58)(H,51,61)(H,52,62)/t24?,25?,26-,27+,28+,29?,30+,31+,32?,33-,34?,35?,37+,38+/m1/s1. The number of aliphatic hydroxyl groups excluding tert-OH is 3. The summed E-state index contributed by atoms with van der Waals surface area (Å²) in [6, 6.07) is -5.19. The average molecular weight is 1040 g/mol. The number of nitrogens with one attached hydrogen (secondary N) is 5. The molecule has 10 N–H and O–H groups in total. The molecule has 26 nitrogen and oxygen atoms in total. The highest BCUT2D eigenvalue weighted by molar-refractivity contribution is 5.83. The van der Waals surface area contributed by atoms with E-state index in [-0.39, 0.29) is 38.8 Å². The van der Waals surface area contributed by atoms with Crippen molar-refractivity contribution in [2.45, 2.75) is 231 Å². The quantitative estimate of drug-likeness (QED) is 0.0769. The van der Waals surface area contributed by atoms with Crippen molar-refractivity contribution in [3.8, 4) is 0 Å². The molecule has 72 heavy (non-hydrogen) atoms. The summed E-state index contributed by atoms with van der Waals surface area (Å²) in [6.07, 6.45) is -19.1. The maximum atomic E-state index is 14.3. The average Bonchev–Trinajstić information content (AvgIpc) is 3.19. The van der Waals surface area contributed by atoms with E-state index in [1.54, 1.807) is 83.1 Å². The van der Waals surface area contributed by atoms with Gasteiger partial charge < -0.3 is 95.0 Å². The number of hydrogen-bond acceptors (Lipinski definition) is 21. The number of amides is 5. The van der Waals surface area contributed by atoms with Crippen LogP contribution >= 0.6 is 0 Å². The van der Waals surface area contributed by atoms with Gasteiger partial charge >= 0.3 is 36.3 Å². The molecule has 3 aliphatic rings. The van der Waals surface area contributed by atoms with E-state index >= 15 is 0 Å². The van der Waals surface area contributed by atoms with Crippen LogP contribution in [-0.2, 0) is 61.8 Å². The summed E-state index contributed by atoms with van der Waals surface area (Å²) < 4.78 is 57.8. The molecule has 3 rings (SSSR count). The highest BCUT2D eigenvalue weighted by atomic mass is 16.7. The van der Waals surface area contributed by atoms with E-state index < -0.39 is 157 Å². The van der Waals surface area contributed by atoms with E-state index in [0.29, 0.717) is 0 Å². The van der Waals surface area contributed by atoms with Crippen molar-refractivity contribution in [3.63, 3.8) is 0 Å². The second kappa shape index (κ2) is 25.9. The minimum Gasteiger partial charge on any atom is -0.455 e. The fraction of sp³-hybridized carbons (Fsp3) is 0.848. The molecule has 0 bridgehead atoms. The summed E-state index contributed by atoms with van der Waals surface area (Å²) in [5.74, 6) is -2.71. The van der Waals surface area contributed by atoms with Gasteiger partial charge in [0.15, 0.2) is 24.8 Å². The molecular formula is C46H80N6O20. The molecule has 0 aromatic rings. The van der Waals surface area contributed by atoms with Gasteiger partial charge in [-0.1, -0.05) is 0 Å². The minimum atomic E-state index is -1.98. The fourth-order valence-electron chi connectivity index (χ4n) is 7.73. The number of alkyl carbamates (subject to hydrolysis) is 4. The molecule has 5 amide bonds. The maximum absolute atomic E-state index is 14.3. The smallest absolute Gasteiger partial charge is 0.408 e. The third-order valence-corrected chi connectivity index (χ3v) is 10.5. The summed E-state index contributed by atoms with van der Waals surface area (Å²) in [5.41, 5.74) is 2.68. The molecule has 26 heteroatoms. The topological polar surface area (TPSA) is 359 Å². The van der Waals surface area contributed by atoms with Gasteiger partial charge in [-0.2, -0.15) is 0 Å². The zero-order chi connectivity index (χ0) is 54.7. The van der Waals surface area contributed by atoms with Crippen molar-refractivity contribution in [3.05, 3.63) is 0 Å². The number of carbonyl (C=O) groups is 7. The first-order valence-corrected chi connectivity index (χ1v) is 24.0. The number of rotatable bonds is 16. The van der Waals surface area contributed by atoms with Crippen molar-refractivity contribution >= 4 is 42.2 Å². The Kier molecular flexibility index (Phi) is 22.1. The van der Waals surface area contributed by atoms with Gasteiger partial charge in [-0.3, -0.25) is 14.4 Å². The molecule has 6 unspecified atom stereocenters. The van der Waals surface area contributed by atoms with E-state index in [1.165, 1.54) is 0 Å². The van der Waals surface area contributed by atoms with Crippen LogP contribution in [0, 0.1) is 0 Å². The van der Waals surface area contributed by atoms with E-state index in [9.17, 15) is 48.9 Å². The molecule has 1 saturated carbocycles. The molecule has 2 heterocycles. The second-order valence-electron chi connectivity index (χ2n) is 21.8. The lowest BCUT2D eigenvalue weighted by Crippen LogP contribution is -2.70. The minimum absolute atomic E-state index is 0.0912. The summed E-state index contributed by atoms with van der Waals surface area (Å²) in [4.78, 5) is 91.0. The highest BCUT2D eigenvalue weighted by Gasteiger charge is 2.54. The molecule has 2 saturated heterocycles. The third-order valence-electron chi connectivity index (χ3n) is 10.5. The van der Waals surface area contributed by atoms with Crippen molar-refractivity contribution < 1.29 is 96.2 Å². The Morgan fingerprint density at radius 1 is 0.611 bits per heavy atom. The van der Waals surface area contributed by atoms with Crippen LogP contribution < -0.4 is 32.3 Å². The maximum Gasteiger partial charge on any atom is 0.408 e. The predicted molar refractivity (Wildman–Crippen MR) is 250 cm³/mol. The number of nitrogens with two attached hydrogens (primary N) is 1. The molecule has 1 aliphatic carbocycles. The third kappa shape index (κ3) is 21.0. The van der Waals surface area contributed by atoms with Gasteiger partial charge in [0, 0.05) is 33.4 Å². The largest absolute Gasteiger partial charge is 0.455 e. The molecule has 14 atom stereocenters. The van der Waals surface area contributed by atoms with Gasteiger partial charge in [-0.15, -0.1) is 0 Å². The van der Waals surface area contributed by atoms with Crippen LogP contribution in [0.25, 0.3) is 0 Å². The molecule has 0 aromatic heterocycles. The number of esters is 2. The number of hydrogen-bond donors (Lipinski definition) is 9. The van der Waals surface area contributed by atoms with E-state index in [0.717, 1.165) is 13.8 Å². The zero-order valence-electron chi connectivity index (χ0n) is 43.9. The number of carbonyl (C=O) groups excluding carboxylic acids is 7. The van der Waals surface area contributed by atoms with Gasteiger partial charge in [0.1, 0.15) is 52.9 Å². The highest BCUT2D eigenvalue weighted by Crippen LogP contribution is 2.34. The van der Waals surface area contributed by atoms with Crippen LogP contribution in [0.4, 0.5) is 19.2 Å². The summed E-state index contributed by atoms with van der Waals surface area (Å²) in [6.45, 7) is 20.8.